The highest BCUT2D eigenvalue weighted by Crippen LogP contribution is 2.31. The summed E-state index contributed by atoms with van der Waals surface area (Å²) in [6.07, 6.45) is -3.31. The second-order valence-corrected chi connectivity index (χ2v) is 6.52. The molecule has 0 atom stereocenters. The van der Waals surface area contributed by atoms with Crippen LogP contribution in [0.3, 0.4) is 0 Å². The molecule has 1 amide bonds. The van der Waals surface area contributed by atoms with Gasteiger partial charge in [0, 0.05) is 23.0 Å². The van der Waals surface area contributed by atoms with Crippen LogP contribution in [0.2, 0.25) is 0 Å². The number of nitrogens with zero attached hydrogens (tertiary/aromatic N) is 1. The number of halogens is 3. The van der Waals surface area contributed by atoms with E-state index in [9.17, 15) is 18.0 Å². The number of benzene rings is 3. The largest absolute Gasteiger partial charge is 0.416 e. The number of alkyl halides is 3. The predicted octanol–water partition coefficient (Wildman–Crippen LogP) is 6.17. The van der Waals surface area contributed by atoms with Crippen molar-refractivity contribution in [2.24, 2.45) is 0 Å². The number of fused-ring (bicyclic) bond motifs is 1. The van der Waals surface area contributed by atoms with Gasteiger partial charge in [0.15, 0.2) is 0 Å². The van der Waals surface area contributed by atoms with Crippen molar-refractivity contribution >= 4 is 22.4 Å². The molecule has 6 heteroatoms. The number of hydrogen-bond donors (Lipinski definition) is 1. The number of amides is 1. The van der Waals surface area contributed by atoms with Gasteiger partial charge in [-0.25, -0.2) is 0 Å². The van der Waals surface area contributed by atoms with Gasteiger partial charge in [-0.2, -0.15) is 13.2 Å². The van der Waals surface area contributed by atoms with Gasteiger partial charge >= 0.3 is 6.18 Å². The quantitative estimate of drug-likeness (QED) is 0.453. The van der Waals surface area contributed by atoms with E-state index >= 15 is 0 Å². The maximum absolute atomic E-state index is 12.9. The molecule has 4 rings (SSSR count). The van der Waals surface area contributed by atoms with Crippen molar-refractivity contribution in [2.75, 3.05) is 5.32 Å². The van der Waals surface area contributed by atoms with Crippen LogP contribution < -0.4 is 5.32 Å². The van der Waals surface area contributed by atoms with Crippen molar-refractivity contribution < 1.29 is 18.0 Å². The Balaban J connectivity index is 1.53. The zero-order valence-corrected chi connectivity index (χ0v) is 15.1. The highest BCUT2D eigenvalue weighted by molar-refractivity contribution is 6.05. The highest BCUT2D eigenvalue weighted by atomic mass is 19.4. The van der Waals surface area contributed by atoms with Gasteiger partial charge < -0.3 is 5.32 Å². The van der Waals surface area contributed by atoms with Gasteiger partial charge in [-0.1, -0.05) is 42.5 Å². The van der Waals surface area contributed by atoms with Crippen molar-refractivity contribution in [3.8, 4) is 11.3 Å². The summed E-state index contributed by atoms with van der Waals surface area (Å²) >= 11 is 0. The summed E-state index contributed by atoms with van der Waals surface area (Å²) in [6, 6.07) is 21.7. The van der Waals surface area contributed by atoms with Crippen LogP contribution in [-0.2, 0) is 6.18 Å². The minimum absolute atomic E-state index is 0.196. The third-order valence-corrected chi connectivity index (χ3v) is 4.54. The number of carbonyl (C=O) groups excluding carboxylic acids is 1. The zero-order chi connectivity index (χ0) is 20.4. The van der Waals surface area contributed by atoms with Gasteiger partial charge in [0.05, 0.1) is 11.3 Å². The number of rotatable bonds is 3. The fourth-order valence-electron chi connectivity index (χ4n) is 3.03. The van der Waals surface area contributed by atoms with Crippen molar-refractivity contribution in [3.63, 3.8) is 0 Å². The Hall–Kier alpha value is -3.67. The van der Waals surface area contributed by atoms with E-state index in [0.717, 1.165) is 29.1 Å². The van der Waals surface area contributed by atoms with Crippen molar-refractivity contribution in [3.05, 3.63) is 96.2 Å². The van der Waals surface area contributed by atoms with Crippen LogP contribution in [0.5, 0.6) is 0 Å². The Labute approximate surface area is 164 Å². The number of carbonyl (C=O) groups is 1. The fourth-order valence-corrected chi connectivity index (χ4v) is 3.03. The summed E-state index contributed by atoms with van der Waals surface area (Å²) < 4.78 is 38.6. The molecule has 0 radical (unpaired) electrons. The molecule has 0 unspecified atom stereocenters. The smallest absolute Gasteiger partial charge is 0.322 e. The average molecular weight is 392 g/mol. The molecule has 1 aromatic heterocycles. The molecule has 1 heterocycles. The molecule has 0 saturated carbocycles. The number of aromatic nitrogens is 1. The molecule has 0 spiro atoms. The van der Waals surface area contributed by atoms with E-state index in [2.05, 4.69) is 10.3 Å². The van der Waals surface area contributed by atoms with Gasteiger partial charge in [-0.3, -0.25) is 9.78 Å². The average Bonchev–Trinajstić information content (AvgIpc) is 2.73. The zero-order valence-electron chi connectivity index (χ0n) is 15.1. The van der Waals surface area contributed by atoms with Gasteiger partial charge in [-0.05, 0) is 47.2 Å². The lowest BCUT2D eigenvalue weighted by molar-refractivity contribution is -0.137. The maximum atomic E-state index is 12.9. The van der Waals surface area contributed by atoms with Gasteiger partial charge in [0.1, 0.15) is 0 Å². The van der Waals surface area contributed by atoms with Gasteiger partial charge in [0.25, 0.3) is 5.91 Å². The Kier molecular flexibility index (Phi) is 4.76. The minimum Gasteiger partial charge on any atom is -0.322 e. The molecule has 0 aliphatic carbocycles. The lowest BCUT2D eigenvalue weighted by atomic mass is 10.1. The minimum atomic E-state index is -4.43. The van der Waals surface area contributed by atoms with E-state index in [0.29, 0.717) is 16.8 Å². The highest BCUT2D eigenvalue weighted by Gasteiger charge is 2.30. The summed E-state index contributed by atoms with van der Waals surface area (Å²) in [5.41, 5.74) is 0.992. The van der Waals surface area contributed by atoms with Crippen LogP contribution in [0.4, 0.5) is 18.9 Å². The first-order valence-corrected chi connectivity index (χ1v) is 8.84. The van der Waals surface area contributed by atoms with Crippen LogP contribution in [0, 0.1) is 0 Å². The molecular weight excluding hydrogens is 377 g/mol. The fraction of sp³-hybridized carbons (Fsp3) is 0.0435. The van der Waals surface area contributed by atoms with E-state index in [4.69, 9.17) is 0 Å². The Morgan fingerprint density at radius 1 is 0.828 bits per heavy atom. The predicted molar refractivity (Wildman–Crippen MR) is 107 cm³/mol. The number of hydrogen-bond acceptors (Lipinski definition) is 2. The normalized spacial score (nSPS) is 11.4. The third kappa shape index (κ3) is 4.11. The Morgan fingerprint density at radius 2 is 1.55 bits per heavy atom. The second kappa shape index (κ2) is 7.39. The van der Waals surface area contributed by atoms with Crippen LogP contribution in [0.1, 0.15) is 15.9 Å². The second-order valence-electron chi connectivity index (χ2n) is 6.52. The molecule has 0 fully saturated rings. The molecule has 3 nitrogen and oxygen atoms in total. The van der Waals surface area contributed by atoms with Crippen LogP contribution in [0.25, 0.3) is 22.0 Å². The van der Waals surface area contributed by atoms with Crippen LogP contribution in [0.15, 0.2) is 85.1 Å². The van der Waals surface area contributed by atoms with E-state index in [1.54, 1.807) is 24.3 Å². The van der Waals surface area contributed by atoms with E-state index in [-0.39, 0.29) is 11.6 Å². The number of nitrogens with one attached hydrogen (secondary N) is 1. The van der Waals surface area contributed by atoms with Crippen LogP contribution >= 0.6 is 0 Å². The summed E-state index contributed by atoms with van der Waals surface area (Å²) in [5, 5.41) is 4.92. The summed E-state index contributed by atoms with van der Waals surface area (Å²) in [4.78, 5) is 16.5. The Bertz CT molecular complexity index is 1180. The molecule has 0 bridgehead atoms. The molecule has 0 aliphatic rings. The lowest BCUT2D eigenvalue weighted by Crippen LogP contribution is -2.11. The Morgan fingerprint density at radius 3 is 2.28 bits per heavy atom. The standard InChI is InChI=1S/C23H15F3N2O/c24-23(25,26)19-11-12-27-21(14-19)16-5-7-17(8-6-16)22(29)28-20-10-9-15-3-1-2-4-18(15)13-20/h1-14H,(H,28,29). The molecule has 144 valence electrons. The first-order chi connectivity index (χ1) is 13.9. The molecule has 29 heavy (non-hydrogen) atoms. The van der Waals surface area contributed by atoms with Crippen molar-refractivity contribution in [1.29, 1.82) is 0 Å². The molecule has 0 saturated heterocycles. The van der Waals surface area contributed by atoms with E-state index in [1.807, 2.05) is 42.5 Å². The van der Waals surface area contributed by atoms with Crippen molar-refractivity contribution in [1.82, 2.24) is 4.98 Å². The molecule has 4 aromatic rings. The monoisotopic (exact) mass is 392 g/mol. The first kappa shape index (κ1) is 18.7. The molecule has 0 aliphatic heterocycles. The molecular formula is C23H15F3N2O. The number of pyridine rings is 1. The number of anilines is 1. The topological polar surface area (TPSA) is 42.0 Å². The summed E-state index contributed by atoms with van der Waals surface area (Å²) in [5.74, 6) is -0.302. The third-order valence-electron chi connectivity index (χ3n) is 4.54. The van der Waals surface area contributed by atoms with E-state index in [1.165, 1.54) is 0 Å². The van der Waals surface area contributed by atoms with Crippen molar-refractivity contribution in [2.45, 2.75) is 6.18 Å². The maximum Gasteiger partial charge on any atom is 0.416 e. The summed E-state index contributed by atoms with van der Waals surface area (Å²) in [7, 11) is 0. The van der Waals surface area contributed by atoms with E-state index < -0.39 is 11.7 Å². The molecule has 1 N–H and O–H groups in total. The van der Waals surface area contributed by atoms with Gasteiger partial charge in [-0.15, -0.1) is 0 Å². The summed E-state index contributed by atoms with van der Waals surface area (Å²) in [6.45, 7) is 0. The first-order valence-electron chi connectivity index (χ1n) is 8.84. The molecule has 3 aromatic carbocycles. The van der Waals surface area contributed by atoms with Crippen LogP contribution in [-0.4, -0.2) is 10.9 Å². The van der Waals surface area contributed by atoms with Gasteiger partial charge in [0.2, 0.25) is 0 Å². The SMILES string of the molecule is O=C(Nc1ccc2ccccc2c1)c1ccc(-c2cc(C(F)(F)F)ccn2)cc1. The lowest BCUT2D eigenvalue weighted by Gasteiger charge is -2.09.